The summed E-state index contributed by atoms with van der Waals surface area (Å²) in [4.78, 5) is 17.2. The Morgan fingerprint density at radius 1 is 1.21 bits per heavy atom. The molecule has 0 radical (unpaired) electrons. The van der Waals surface area contributed by atoms with Crippen LogP contribution in [0, 0.1) is 0 Å². The zero-order valence-corrected chi connectivity index (χ0v) is 12.6. The number of benzene rings is 1. The fourth-order valence-corrected chi connectivity index (χ4v) is 4.05. The highest BCUT2D eigenvalue weighted by Crippen LogP contribution is 2.41. The molecule has 0 spiro atoms. The van der Waals surface area contributed by atoms with Gasteiger partial charge in [-0.1, -0.05) is 11.6 Å². The molecule has 0 bridgehead atoms. The van der Waals surface area contributed by atoms with Crippen LogP contribution < -0.4 is 9.80 Å². The van der Waals surface area contributed by atoms with Gasteiger partial charge in [-0.15, -0.1) is 11.8 Å². The highest BCUT2D eigenvalue weighted by molar-refractivity contribution is 7.99. The van der Waals surface area contributed by atoms with Crippen molar-refractivity contribution < 1.29 is 4.79 Å². The van der Waals surface area contributed by atoms with Crippen LogP contribution in [-0.2, 0) is 4.79 Å². The fourth-order valence-electron chi connectivity index (χ4n) is 2.66. The van der Waals surface area contributed by atoms with Gasteiger partial charge in [-0.05, 0) is 25.0 Å². The lowest BCUT2D eigenvalue weighted by Gasteiger charge is -2.24. The first-order valence-corrected chi connectivity index (χ1v) is 8.01. The predicted octanol–water partition coefficient (Wildman–Crippen LogP) is 3.40. The second-order valence-corrected chi connectivity index (χ2v) is 6.56. The third-order valence-corrected chi connectivity index (χ3v) is 5.13. The van der Waals surface area contributed by atoms with Gasteiger partial charge in [0.25, 0.3) is 0 Å². The smallest absolute Gasteiger partial charge is 0.227 e. The van der Waals surface area contributed by atoms with E-state index < -0.39 is 0 Å². The lowest BCUT2D eigenvalue weighted by atomic mass is 10.2. The summed E-state index contributed by atoms with van der Waals surface area (Å²) in [6, 6.07) is 4.10. The summed E-state index contributed by atoms with van der Waals surface area (Å²) in [6.45, 7) is 2.12. The van der Waals surface area contributed by atoms with Crippen LogP contribution in [0.2, 0.25) is 5.02 Å². The van der Waals surface area contributed by atoms with Crippen LogP contribution in [0.25, 0.3) is 0 Å². The molecular weight excluding hydrogens is 280 g/mol. The van der Waals surface area contributed by atoms with E-state index >= 15 is 0 Å². The molecule has 2 aliphatic rings. The van der Waals surface area contributed by atoms with E-state index in [2.05, 4.69) is 11.0 Å². The van der Waals surface area contributed by atoms with E-state index in [9.17, 15) is 4.79 Å². The molecule has 0 aromatic heterocycles. The maximum atomic E-state index is 12.0. The van der Waals surface area contributed by atoms with Crippen LogP contribution in [0.3, 0.4) is 0 Å². The van der Waals surface area contributed by atoms with Gasteiger partial charge in [-0.25, -0.2) is 0 Å². The highest BCUT2D eigenvalue weighted by Gasteiger charge is 2.23. The molecule has 3 nitrogen and oxygen atoms in total. The normalized spacial score (nSPS) is 19.6. The standard InChI is InChI=1S/C14H17ClN2OS/c1-16-12-9-11(17-5-2-3-6-17)10(15)8-13(12)19-7-4-14(16)18/h8-9H,2-7H2,1H3. The average molecular weight is 297 g/mol. The van der Waals surface area contributed by atoms with Crippen molar-refractivity contribution in [3.8, 4) is 0 Å². The first-order valence-electron chi connectivity index (χ1n) is 6.64. The largest absolute Gasteiger partial charge is 0.370 e. The van der Waals surface area contributed by atoms with Gasteiger partial charge in [0, 0.05) is 37.2 Å². The number of halogens is 1. The summed E-state index contributed by atoms with van der Waals surface area (Å²) >= 11 is 8.14. The van der Waals surface area contributed by atoms with Gasteiger partial charge >= 0.3 is 0 Å². The maximum Gasteiger partial charge on any atom is 0.227 e. The molecule has 0 saturated carbocycles. The number of nitrogens with zero attached hydrogens (tertiary/aromatic N) is 2. The van der Waals surface area contributed by atoms with Crippen molar-refractivity contribution in [2.75, 3.05) is 35.7 Å². The summed E-state index contributed by atoms with van der Waals surface area (Å²) in [5, 5.41) is 0.802. The van der Waals surface area contributed by atoms with Gasteiger partial charge in [-0.2, -0.15) is 0 Å². The number of thioether (sulfide) groups is 1. The molecule has 1 aromatic rings. The van der Waals surface area contributed by atoms with Crippen molar-refractivity contribution in [1.29, 1.82) is 0 Å². The fraction of sp³-hybridized carbons (Fsp3) is 0.500. The first kappa shape index (κ1) is 13.1. The molecule has 1 fully saturated rings. The van der Waals surface area contributed by atoms with E-state index in [0.29, 0.717) is 6.42 Å². The highest BCUT2D eigenvalue weighted by atomic mass is 35.5. The number of hydrogen-bond donors (Lipinski definition) is 0. The first-order chi connectivity index (χ1) is 9.16. The molecule has 2 aliphatic heterocycles. The van der Waals surface area contributed by atoms with Gasteiger partial charge in [0.2, 0.25) is 5.91 Å². The monoisotopic (exact) mass is 296 g/mol. The predicted molar refractivity (Wildman–Crippen MR) is 81.7 cm³/mol. The molecule has 0 unspecified atom stereocenters. The van der Waals surface area contributed by atoms with Crippen LogP contribution in [0.4, 0.5) is 11.4 Å². The minimum absolute atomic E-state index is 0.181. The Bertz CT molecular complexity index is 514. The summed E-state index contributed by atoms with van der Waals surface area (Å²) in [7, 11) is 1.86. The van der Waals surface area contributed by atoms with E-state index in [1.54, 1.807) is 16.7 Å². The Balaban J connectivity index is 2.04. The minimum atomic E-state index is 0.181. The van der Waals surface area contributed by atoms with Gasteiger partial charge in [0.15, 0.2) is 0 Å². The number of rotatable bonds is 1. The van der Waals surface area contributed by atoms with Crippen molar-refractivity contribution >= 4 is 40.6 Å². The molecule has 0 aliphatic carbocycles. The van der Waals surface area contributed by atoms with Crippen molar-refractivity contribution in [2.45, 2.75) is 24.2 Å². The Kier molecular flexibility index (Phi) is 3.63. The van der Waals surface area contributed by atoms with E-state index in [4.69, 9.17) is 11.6 Å². The zero-order chi connectivity index (χ0) is 13.4. The molecule has 2 heterocycles. The topological polar surface area (TPSA) is 23.6 Å². The molecular formula is C14H17ClN2OS. The minimum Gasteiger partial charge on any atom is -0.370 e. The molecule has 19 heavy (non-hydrogen) atoms. The van der Waals surface area contributed by atoms with Crippen LogP contribution in [0.15, 0.2) is 17.0 Å². The Hall–Kier alpha value is -0.870. The van der Waals surface area contributed by atoms with Crippen molar-refractivity contribution in [3.63, 3.8) is 0 Å². The molecule has 0 atom stereocenters. The van der Waals surface area contributed by atoms with Crippen LogP contribution in [-0.4, -0.2) is 31.8 Å². The summed E-state index contributed by atoms with van der Waals surface area (Å²) < 4.78 is 0. The number of amides is 1. The second kappa shape index (κ2) is 5.25. The SMILES string of the molecule is CN1C(=O)CCSc2cc(Cl)c(N3CCCC3)cc21. The zero-order valence-electron chi connectivity index (χ0n) is 11.0. The third kappa shape index (κ3) is 2.43. The van der Waals surface area contributed by atoms with E-state index in [-0.39, 0.29) is 5.91 Å². The molecule has 1 amide bonds. The number of carbonyl (C=O) groups excluding carboxylic acids is 1. The van der Waals surface area contributed by atoms with Crippen LogP contribution >= 0.6 is 23.4 Å². The lowest BCUT2D eigenvalue weighted by molar-refractivity contribution is -0.117. The van der Waals surface area contributed by atoms with Gasteiger partial charge in [0.05, 0.1) is 16.4 Å². The summed E-state index contributed by atoms with van der Waals surface area (Å²) in [5.74, 6) is 1.01. The lowest BCUT2D eigenvalue weighted by Crippen LogP contribution is -2.26. The van der Waals surface area contributed by atoms with Crippen LogP contribution in [0.1, 0.15) is 19.3 Å². The molecule has 5 heteroatoms. The molecule has 3 rings (SSSR count). The summed E-state index contributed by atoms with van der Waals surface area (Å²) in [5.41, 5.74) is 2.07. The quantitative estimate of drug-likeness (QED) is 0.793. The van der Waals surface area contributed by atoms with Crippen molar-refractivity contribution in [3.05, 3.63) is 17.2 Å². The summed E-state index contributed by atoms with van der Waals surface area (Å²) in [6.07, 6.45) is 3.03. The number of hydrogen-bond acceptors (Lipinski definition) is 3. The molecule has 1 aromatic carbocycles. The number of anilines is 2. The van der Waals surface area contributed by atoms with Gasteiger partial charge in [-0.3, -0.25) is 4.79 Å². The van der Waals surface area contributed by atoms with E-state index in [0.717, 1.165) is 40.1 Å². The molecule has 102 valence electrons. The van der Waals surface area contributed by atoms with Crippen molar-refractivity contribution in [2.24, 2.45) is 0 Å². The van der Waals surface area contributed by atoms with Crippen LogP contribution in [0.5, 0.6) is 0 Å². The van der Waals surface area contributed by atoms with E-state index in [1.165, 1.54) is 12.8 Å². The number of fused-ring (bicyclic) bond motifs is 1. The Morgan fingerprint density at radius 2 is 1.95 bits per heavy atom. The average Bonchev–Trinajstić information content (AvgIpc) is 2.87. The van der Waals surface area contributed by atoms with Crippen molar-refractivity contribution in [1.82, 2.24) is 0 Å². The van der Waals surface area contributed by atoms with E-state index in [1.807, 2.05) is 13.1 Å². The van der Waals surface area contributed by atoms with Gasteiger partial charge < -0.3 is 9.80 Å². The number of carbonyl (C=O) groups is 1. The molecule has 0 N–H and O–H groups in total. The van der Waals surface area contributed by atoms with Gasteiger partial charge in [0.1, 0.15) is 0 Å². The second-order valence-electron chi connectivity index (χ2n) is 5.02. The Morgan fingerprint density at radius 3 is 2.68 bits per heavy atom. The maximum absolute atomic E-state index is 12.0. The Labute approximate surface area is 122 Å². The molecule has 1 saturated heterocycles. The third-order valence-electron chi connectivity index (χ3n) is 3.78.